The Morgan fingerprint density at radius 2 is 1.89 bits per heavy atom. The van der Waals surface area contributed by atoms with E-state index < -0.39 is 0 Å². The predicted molar refractivity (Wildman–Crippen MR) is 113 cm³/mol. The van der Waals surface area contributed by atoms with Crippen LogP contribution in [0.1, 0.15) is 37.1 Å². The van der Waals surface area contributed by atoms with Gasteiger partial charge in [-0.3, -0.25) is 9.39 Å². The number of hydrogen-bond donors (Lipinski definition) is 2. The van der Waals surface area contributed by atoms with Gasteiger partial charge in [-0.25, -0.2) is 0 Å². The zero-order valence-corrected chi connectivity index (χ0v) is 16.8. The van der Waals surface area contributed by atoms with Gasteiger partial charge in [0.05, 0.1) is 6.54 Å². The molecule has 0 unspecified atom stereocenters. The lowest BCUT2D eigenvalue weighted by atomic mass is 9.79. The number of nitrogens with zero attached hydrogens (tertiary/aromatic N) is 4. The zero-order chi connectivity index (χ0) is 19.4. The average molecular weight is 397 g/mol. The van der Waals surface area contributed by atoms with Crippen LogP contribution >= 0.6 is 11.6 Å². The van der Waals surface area contributed by atoms with Crippen molar-refractivity contribution < 1.29 is 0 Å². The Bertz CT molecular complexity index is 956. The van der Waals surface area contributed by atoms with Crippen molar-refractivity contribution in [2.24, 2.45) is 4.99 Å². The smallest absolute Gasteiger partial charge is 0.191 e. The number of fused-ring (bicyclic) bond motifs is 1. The molecule has 0 amide bonds. The van der Waals surface area contributed by atoms with Crippen LogP contribution in [0.2, 0.25) is 5.02 Å². The molecule has 2 heterocycles. The van der Waals surface area contributed by atoms with Crippen LogP contribution in [0.3, 0.4) is 0 Å². The normalized spacial score (nSPS) is 16.4. The molecule has 1 aliphatic carbocycles. The topological polar surface area (TPSA) is 66.6 Å². The van der Waals surface area contributed by atoms with Crippen LogP contribution in [0.5, 0.6) is 0 Å². The van der Waals surface area contributed by atoms with E-state index in [4.69, 9.17) is 11.6 Å². The number of rotatable bonds is 5. The van der Waals surface area contributed by atoms with Gasteiger partial charge in [0.2, 0.25) is 0 Å². The summed E-state index contributed by atoms with van der Waals surface area (Å²) in [6.45, 7) is 1.40. The summed E-state index contributed by atoms with van der Waals surface area (Å²) in [4.78, 5) is 4.38. The van der Waals surface area contributed by atoms with Gasteiger partial charge < -0.3 is 10.6 Å². The van der Waals surface area contributed by atoms with Crippen LogP contribution in [-0.4, -0.2) is 34.2 Å². The van der Waals surface area contributed by atoms with Gasteiger partial charge in [0.15, 0.2) is 17.4 Å². The summed E-state index contributed by atoms with van der Waals surface area (Å²) >= 11 is 6.09. The second-order valence-corrected chi connectivity index (χ2v) is 7.76. The summed E-state index contributed by atoms with van der Waals surface area (Å²) in [6, 6.07) is 14.2. The van der Waals surface area contributed by atoms with Crippen LogP contribution in [-0.2, 0) is 12.0 Å². The fourth-order valence-electron chi connectivity index (χ4n) is 4.07. The Morgan fingerprint density at radius 1 is 1.11 bits per heavy atom. The first-order valence-corrected chi connectivity index (χ1v) is 10.1. The summed E-state index contributed by atoms with van der Waals surface area (Å²) in [5.41, 5.74) is 2.32. The number of benzene rings is 1. The Balaban J connectivity index is 1.42. The van der Waals surface area contributed by atoms with E-state index in [9.17, 15) is 0 Å². The molecule has 4 rings (SSSR count). The van der Waals surface area contributed by atoms with E-state index in [1.54, 1.807) is 7.05 Å². The lowest BCUT2D eigenvalue weighted by molar-refractivity contribution is 0.431. The molecule has 28 heavy (non-hydrogen) atoms. The van der Waals surface area contributed by atoms with Crippen molar-refractivity contribution in [1.29, 1.82) is 0 Å². The maximum atomic E-state index is 6.09. The third-order valence-electron chi connectivity index (χ3n) is 5.63. The fraction of sp³-hybridized carbons (Fsp3) is 0.381. The summed E-state index contributed by atoms with van der Waals surface area (Å²) in [6.07, 6.45) is 6.82. The maximum absolute atomic E-state index is 6.09. The molecule has 0 aliphatic heterocycles. The maximum Gasteiger partial charge on any atom is 0.191 e. The number of aliphatic imine (C=N–C) groups is 1. The average Bonchev–Trinajstić information content (AvgIpc) is 3.37. The molecular weight excluding hydrogens is 372 g/mol. The summed E-state index contributed by atoms with van der Waals surface area (Å²) in [5.74, 6) is 1.62. The minimum atomic E-state index is 0.129. The Hall–Kier alpha value is -2.60. The molecule has 1 aliphatic rings. The minimum Gasteiger partial charge on any atom is -0.356 e. The van der Waals surface area contributed by atoms with Gasteiger partial charge in [-0.2, -0.15) is 0 Å². The number of aromatic nitrogens is 3. The van der Waals surface area contributed by atoms with E-state index >= 15 is 0 Å². The van der Waals surface area contributed by atoms with Gasteiger partial charge in [-0.1, -0.05) is 42.6 Å². The number of pyridine rings is 1. The molecule has 1 saturated carbocycles. The Kier molecular flexibility index (Phi) is 5.48. The monoisotopic (exact) mass is 396 g/mol. The van der Waals surface area contributed by atoms with Gasteiger partial charge in [0.1, 0.15) is 0 Å². The molecule has 146 valence electrons. The second-order valence-electron chi connectivity index (χ2n) is 7.32. The van der Waals surface area contributed by atoms with Crippen LogP contribution in [0.25, 0.3) is 5.65 Å². The van der Waals surface area contributed by atoms with E-state index in [-0.39, 0.29) is 5.41 Å². The molecular formula is C21H25ClN6. The molecule has 0 bridgehead atoms. The summed E-state index contributed by atoms with van der Waals surface area (Å²) in [5, 5.41) is 16.1. The van der Waals surface area contributed by atoms with Gasteiger partial charge in [0.25, 0.3) is 0 Å². The van der Waals surface area contributed by atoms with Crippen molar-refractivity contribution in [2.45, 2.75) is 37.6 Å². The van der Waals surface area contributed by atoms with Crippen LogP contribution in [0.4, 0.5) is 0 Å². The first-order valence-electron chi connectivity index (χ1n) is 9.69. The second kappa shape index (κ2) is 8.19. The molecule has 0 radical (unpaired) electrons. The van der Waals surface area contributed by atoms with Crippen LogP contribution < -0.4 is 10.6 Å². The van der Waals surface area contributed by atoms with E-state index in [0.717, 1.165) is 29.0 Å². The van der Waals surface area contributed by atoms with Gasteiger partial charge in [-0.15, -0.1) is 10.2 Å². The number of nitrogens with one attached hydrogen (secondary N) is 2. The molecule has 7 heteroatoms. The van der Waals surface area contributed by atoms with Crippen molar-refractivity contribution >= 4 is 23.2 Å². The van der Waals surface area contributed by atoms with Crippen LogP contribution in [0, 0.1) is 0 Å². The van der Waals surface area contributed by atoms with Crippen molar-refractivity contribution in [3.63, 3.8) is 0 Å². The molecule has 6 nitrogen and oxygen atoms in total. The van der Waals surface area contributed by atoms with Crippen molar-refractivity contribution in [2.75, 3.05) is 13.6 Å². The van der Waals surface area contributed by atoms with Crippen LogP contribution in [0.15, 0.2) is 53.7 Å². The number of guanidine groups is 1. The zero-order valence-electron chi connectivity index (χ0n) is 16.0. The third kappa shape index (κ3) is 3.83. The minimum absolute atomic E-state index is 0.129. The first kappa shape index (κ1) is 18.7. The SMILES string of the molecule is CN=C(NCc1nnc2ccccn12)NCC1(c2ccc(Cl)cc2)CCCC1. The van der Waals surface area contributed by atoms with E-state index in [2.05, 4.69) is 38.0 Å². The lowest BCUT2D eigenvalue weighted by Gasteiger charge is -2.31. The molecule has 1 aromatic carbocycles. The number of hydrogen-bond acceptors (Lipinski definition) is 3. The van der Waals surface area contributed by atoms with E-state index in [1.807, 2.05) is 40.9 Å². The van der Waals surface area contributed by atoms with Gasteiger partial charge >= 0.3 is 0 Å². The highest BCUT2D eigenvalue weighted by Crippen LogP contribution is 2.40. The quantitative estimate of drug-likeness (QED) is 0.511. The highest BCUT2D eigenvalue weighted by atomic mass is 35.5. The summed E-state index contributed by atoms with van der Waals surface area (Å²) in [7, 11) is 1.79. The summed E-state index contributed by atoms with van der Waals surface area (Å²) < 4.78 is 1.98. The Labute approximate surface area is 170 Å². The lowest BCUT2D eigenvalue weighted by Crippen LogP contribution is -2.44. The molecule has 0 saturated heterocycles. The number of halogens is 1. The molecule has 0 atom stereocenters. The largest absolute Gasteiger partial charge is 0.356 e. The standard InChI is InChI=1S/C21H25ClN6/c1-23-20(24-14-19-27-26-18-6-2-5-13-28(18)19)25-15-21(11-3-4-12-21)16-7-9-17(22)10-8-16/h2,5-10,13H,3-4,11-12,14-15H2,1H3,(H2,23,24,25). The molecule has 0 spiro atoms. The highest BCUT2D eigenvalue weighted by molar-refractivity contribution is 6.30. The molecule has 1 fully saturated rings. The van der Waals surface area contributed by atoms with Gasteiger partial charge in [-0.05, 0) is 42.7 Å². The molecule has 2 N–H and O–H groups in total. The van der Waals surface area contributed by atoms with Crippen molar-refractivity contribution in [3.8, 4) is 0 Å². The Morgan fingerprint density at radius 3 is 2.64 bits per heavy atom. The molecule has 3 aromatic rings. The molecule has 2 aromatic heterocycles. The first-order chi connectivity index (χ1) is 13.7. The van der Waals surface area contributed by atoms with E-state index in [0.29, 0.717) is 6.54 Å². The van der Waals surface area contributed by atoms with Crippen molar-refractivity contribution in [3.05, 3.63) is 65.1 Å². The predicted octanol–water partition coefficient (Wildman–Crippen LogP) is 3.56. The third-order valence-corrected chi connectivity index (χ3v) is 5.89. The van der Waals surface area contributed by atoms with Crippen molar-refractivity contribution in [1.82, 2.24) is 25.2 Å². The fourth-order valence-corrected chi connectivity index (χ4v) is 4.20. The highest BCUT2D eigenvalue weighted by Gasteiger charge is 2.35. The van der Waals surface area contributed by atoms with E-state index in [1.165, 1.54) is 31.2 Å². The van der Waals surface area contributed by atoms with Gasteiger partial charge in [0, 0.05) is 30.2 Å².